The van der Waals surface area contributed by atoms with Crippen LogP contribution in [0.5, 0.6) is 11.5 Å². The third kappa shape index (κ3) is 5.63. The van der Waals surface area contributed by atoms with E-state index in [1.54, 1.807) is 41.4 Å². The Kier molecular flexibility index (Phi) is 8.15. The summed E-state index contributed by atoms with van der Waals surface area (Å²) in [6, 6.07) is 6.24. The van der Waals surface area contributed by atoms with Crippen molar-refractivity contribution in [2.75, 3.05) is 32.4 Å². The number of nitrogens with one attached hydrogen (secondary N) is 1. The average Bonchev–Trinajstić information content (AvgIpc) is 2.92. The summed E-state index contributed by atoms with van der Waals surface area (Å²) >= 11 is 7.56. The molecule has 8 nitrogen and oxygen atoms in total. The number of halogens is 2. The van der Waals surface area contributed by atoms with E-state index in [-0.39, 0.29) is 21.6 Å². The number of nitrogens with zero attached hydrogens (tertiary/aromatic N) is 4. The van der Waals surface area contributed by atoms with Crippen LogP contribution in [0.25, 0.3) is 16.6 Å². The van der Waals surface area contributed by atoms with Crippen molar-refractivity contribution >= 4 is 40.2 Å². The van der Waals surface area contributed by atoms with Crippen LogP contribution < -0.4 is 15.5 Å². The summed E-state index contributed by atoms with van der Waals surface area (Å²) in [5.41, 5.74) is 1.08. The maximum Gasteiger partial charge on any atom is 0.256 e. The van der Waals surface area contributed by atoms with Gasteiger partial charge in [-0.2, -0.15) is 0 Å². The lowest BCUT2D eigenvalue weighted by atomic mass is 10.1. The van der Waals surface area contributed by atoms with Crippen LogP contribution in [0, 0.1) is 5.82 Å². The van der Waals surface area contributed by atoms with Gasteiger partial charge < -0.3 is 19.5 Å². The smallest absolute Gasteiger partial charge is 0.256 e. The molecule has 39 heavy (non-hydrogen) atoms. The summed E-state index contributed by atoms with van der Waals surface area (Å²) in [6.45, 7) is 4.00. The molecule has 0 unspecified atom stereocenters. The second-order valence-corrected chi connectivity index (χ2v) is 10.8. The van der Waals surface area contributed by atoms with Crippen LogP contribution in [0.15, 0.2) is 58.7 Å². The molecule has 1 aliphatic heterocycles. The molecule has 5 rings (SSSR count). The Bertz CT molecular complexity index is 1600. The molecule has 0 saturated carbocycles. The van der Waals surface area contributed by atoms with Crippen LogP contribution in [-0.4, -0.2) is 57.8 Å². The highest BCUT2D eigenvalue weighted by Gasteiger charge is 2.28. The SMILES string of the molecule is CCCN(C)CCNC(=O)c1cn2c3c(c(SCCc4cnccn4)c(F)cc3c1=O)Oc1ccc(Cl)cc1-2. The van der Waals surface area contributed by atoms with Gasteiger partial charge in [-0.05, 0) is 44.3 Å². The van der Waals surface area contributed by atoms with E-state index in [4.69, 9.17) is 16.3 Å². The van der Waals surface area contributed by atoms with Crippen molar-refractivity contribution in [1.82, 2.24) is 24.8 Å². The van der Waals surface area contributed by atoms with E-state index in [0.717, 1.165) is 18.7 Å². The second-order valence-electron chi connectivity index (χ2n) is 9.22. The van der Waals surface area contributed by atoms with Crippen molar-refractivity contribution in [3.8, 4) is 17.2 Å². The molecule has 2 aromatic carbocycles. The molecule has 0 saturated heterocycles. The fourth-order valence-electron chi connectivity index (χ4n) is 4.53. The number of ether oxygens (including phenoxy) is 1. The zero-order valence-corrected chi connectivity index (χ0v) is 23.1. The zero-order valence-electron chi connectivity index (χ0n) is 21.5. The van der Waals surface area contributed by atoms with Gasteiger partial charge in [-0.25, -0.2) is 4.39 Å². The number of aryl methyl sites for hydroxylation is 1. The van der Waals surface area contributed by atoms with Crippen LogP contribution in [0.3, 0.4) is 0 Å². The number of carbonyl (C=O) groups is 1. The van der Waals surface area contributed by atoms with E-state index in [1.807, 2.05) is 7.05 Å². The molecular weight excluding hydrogens is 541 g/mol. The Hall–Kier alpha value is -3.47. The molecule has 1 N–H and O–H groups in total. The molecule has 0 spiro atoms. The molecule has 0 radical (unpaired) electrons. The molecule has 1 amide bonds. The molecule has 1 aliphatic rings. The molecule has 202 valence electrons. The second kappa shape index (κ2) is 11.7. The lowest BCUT2D eigenvalue weighted by Crippen LogP contribution is -2.36. The predicted molar refractivity (Wildman–Crippen MR) is 151 cm³/mol. The van der Waals surface area contributed by atoms with Crippen LogP contribution in [0.2, 0.25) is 5.02 Å². The molecule has 0 bridgehead atoms. The quantitative estimate of drug-likeness (QED) is 0.235. The summed E-state index contributed by atoms with van der Waals surface area (Å²) in [6.07, 6.45) is 7.94. The molecule has 0 fully saturated rings. The molecule has 2 aromatic heterocycles. The maximum atomic E-state index is 15.6. The third-order valence-electron chi connectivity index (χ3n) is 6.40. The van der Waals surface area contributed by atoms with Crippen LogP contribution in [0.4, 0.5) is 4.39 Å². The number of hydrogen-bond acceptors (Lipinski definition) is 7. The topological polar surface area (TPSA) is 89.4 Å². The van der Waals surface area contributed by atoms with Crippen LogP contribution in [-0.2, 0) is 6.42 Å². The van der Waals surface area contributed by atoms with Gasteiger partial charge in [0.05, 0.1) is 21.7 Å². The van der Waals surface area contributed by atoms with Gasteiger partial charge in [0.25, 0.3) is 5.91 Å². The van der Waals surface area contributed by atoms with Crippen molar-refractivity contribution in [2.24, 2.45) is 0 Å². The molecule has 11 heteroatoms. The Morgan fingerprint density at radius 2 is 2.10 bits per heavy atom. The number of thioether (sulfide) groups is 1. The van der Waals surface area contributed by atoms with Gasteiger partial charge in [0.2, 0.25) is 5.43 Å². The molecule has 0 aliphatic carbocycles. The molecule has 0 atom stereocenters. The maximum absolute atomic E-state index is 15.6. The van der Waals surface area contributed by atoms with Gasteiger partial charge >= 0.3 is 0 Å². The third-order valence-corrected chi connectivity index (χ3v) is 7.71. The van der Waals surface area contributed by atoms with Crippen molar-refractivity contribution in [3.05, 3.63) is 81.4 Å². The van der Waals surface area contributed by atoms with E-state index in [1.165, 1.54) is 24.0 Å². The Balaban J connectivity index is 1.55. The first-order valence-electron chi connectivity index (χ1n) is 12.6. The van der Waals surface area contributed by atoms with E-state index in [9.17, 15) is 9.59 Å². The largest absolute Gasteiger partial charge is 0.452 e. The van der Waals surface area contributed by atoms with Gasteiger partial charge in [-0.1, -0.05) is 18.5 Å². The van der Waals surface area contributed by atoms with E-state index in [0.29, 0.717) is 47.2 Å². The van der Waals surface area contributed by atoms with Crippen LogP contribution >= 0.6 is 23.4 Å². The Labute approximate surface area is 234 Å². The normalized spacial score (nSPS) is 11.9. The van der Waals surface area contributed by atoms with E-state index in [2.05, 4.69) is 27.1 Å². The van der Waals surface area contributed by atoms with Crippen LogP contribution in [0.1, 0.15) is 29.4 Å². The number of amides is 1. The Morgan fingerprint density at radius 1 is 1.26 bits per heavy atom. The van der Waals surface area contributed by atoms with Gasteiger partial charge in [-0.15, -0.1) is 11.8 Å². The highest BCUT2D eigenvalue weighted by atomic mass is 35.5. The summed E-state index contributed by atoms with van der Waals surface area (Å²) in [4.78, 5) is 37.3. The summed E-state index contributed by atoms with van der Waals surface area (Å²) < 4.78 is 23.4. The first kappa shape index (κ1) is 27.1. The summed E-state index contributed by atoms with van der Waals surface area (Å²) in [5.74, 6) is 0.0683. The minimum atomic E-state index is -0.596. The lowest BCUT2D eigenvalue weighted by molar-refractivity contribution is 0.0948. The van der Waals surface area contributed by atoms with Crippen molar-refractivity contribution in [3.63, 3.8) is 0 Å². The van der Waals surface area contributed by atoms with Crippen molar-refractivity contribution in [1.29, 1.82) is 0 Å². The zero-order chi connectivity index (χ0) is 27.5. The van der Waals surface area contributed by atoms with E-state index >= 15 is 4.39 Å². The number of hydrogen-bond donors (Lipinski definition) is 1. The molecule has 3 heterocycles. The number of aromatic nitrogens is 3. The molecular formula is C28H27ClFN5O3S. The first-order chi connectivity index (χ1) is 18.9. The fraction of sp³-hybridized carbons (Fsp3) is 0.286. The minimum Gasteiger partial charge on any atom is -0.452 e. The fourth-order valence-corrected chi connectivity index (χ4v) is 5.68. The van der Waals surface area contributed by atoms with Gasteiger partial charge in [-0.3, -0.25) is 19.6 Å². The number of benzene rings is 2. The van der Waals surface area contributed by atoms with Crippen molar-refractivity contribution in [2.45, 2.75) is 24.7 Å². The standard InChI is InChI=1S/C28H27ClFN5O3S/c1-3-10-34(2)11-9-33-28(37)20-16-35-22-13-17(29)4-5-23(22)38-26-24(35)19(25(20)36)14-21(30)27(26)39-12-6-18-15-31-7-8-32-18/h4-5,7-8,13-16H,3,6,9-12H2,1-2H3,(H,33,37). The van der Waals surface area contributed by atoms with Gasteiger partial charge in [0.1, 0.15) is 16.9 Å². The Morgan fingerprint density at radius 3 is 2.87 bits per heavy atom. The minimum absolute atomic E-state index is 0.0575. The summed E-state index contributed by atoms with van der Waals surface area (Å²) in [5, 5.41) is 3.34. The monoisotopic (exact) mass is 567 g/mol. The number of carbonyl (C=O) groups excluding carboxylic acids is 1. The predicted octanol–water partition coefficient (Wildman–Crippen LogP) is 5.09. The van der Waals surface area contributed by atoms with Crippen molar-refractivity contribution < 1.29 is 13.9 Å². The lowest BCUT2D eigenvalue weighted by Gasteiger charge is -2.26. The average molecular weight is 568 g/mol. The van der Waals surface area contributed by atoms with E-state index < -0.39 is 17.2 Å². The van der Waals surface area contributed by atoms with Gasteiger partial charge in [0, 0.05) is 55.1 Å². The first-order valence-corrected chi connectivity index (χ1v) is 14.0. The highest BCUT2D eigenvalue weighted by Crippen LogP contribution is 2.46. The number of fused-ring (bicyclic) bond motifs is 2. The molecule has 4 aromatic rings. The van der Waals surface area contributed by atoms with Gasteiger partial charge in [0.15, 0.2) is 11.5 Å². The highest BCUT2D eigenvalue weighted by molar-refractivity contribution is 7.99. The number of pyridine rings is 1. The number of rotatable bonds is 10. The summed E-state index contributed by atoms with van der Waals surface area (Å²) in [7, 11) is 1.97. The number of likely N-dealkylation sites (N-methyl/N-ethyl adjacent to an activating group) is 1.